The number of hydrogen-bond donors (Lipinski definition) is 1. The Labute approximate surface area is 240 Å². The first-order chi connectivity index (χ1) is 20.3. The largest absolute Gasteiger partial charge is 0.352 e. The first-order valence-corrected chi connectivity index (χ1v) is 13.5. The highest BCUT2D eigenvalue weighted by Crippen LogP contribution is 2.58. The van der Waals surface area contributed by atoms with E-state index in [4.69, 9.17) is 0 Å². The summed E-state index contributed by atoms with van der Waals surface area (Å²) in [6.07, 6.45) is 5.01. The van der Waals surface area contributed by atoms with Gasteiger partial charge in [-0.3, -0.25) is 29.5 Å². The van der Waals surface area contributed by atoms with Crippen molar-refractivity contribution in [1.82, 2.24) is 4.98 Å². The van der Waals surface area contributed by atoms with Crippen LogP contribution in [-0.2, 0) is 10.2 Å². The summed E-state index contributed by atoms with van der Waals surface area (Å²) < 4.78 is 0. The van der Waals surface area contributed by atoms with E-state index in [1.54, 1.807) is 18.2 Å². The Bertz CT molecular complexity index is 1830. The standard InChI is InChI=1S/C33H24N4O5/c1-19-18-27-33(24-7-3-4-8-25(24)35-32(33)40)28(30(38)21-14-16-34-17-15-21)29(36(27)26-9-5-2-6-23(19)26)31(39)20-10-12-22(13-11-20)37(41)42/h2-18,27-29H,1H3,(H,35,40)/t27-,28-,29-,33-/m0/s1. The third kappa shape index (κ3) is 3.43. The van der Waals surface area contributed by atoms with Gasteiger partial charge in [-0.1, -0.05) is 42.5 Å². The molecule has 4 heterocycles. The van der Waals surface area contributed by atoms with E-state index in [2.05, 4.69) is 10.3 Å². The van der Waals surface area contributed by atoms with Crippen LogP contribution in [0.2, 0.25) is 0 Å². The molecule has 0 unspecified atom stereocenters. The second-order valence-corrected chi connectivity index (χ2v) is 10.8. The lowest BCUT2D eigenvalue weighted by Crippen LogP contribution is -2.51. The number of benzene rings is 3. The monoisotopic (exact) mass is 556 g/mol. The molecule has 1 fully saturated rings. The van der Waals surface area contributed by atoms with E-state index in [0.29, 0.717) is 16.8 Å². The van der Waals surface area contributed by atoms with E-state index in [1.165, 1.54) is 36.7 Å². The minimum atomic E-state index is -1.44. The number of nitrogens with one attached hydrogen (secondary N) is 1. The van der Waals surface area contributed by atoms with Gasteiger partial charge in [0.05, 0.1) is 16.9 Å². The number of anilines is 2. The first kappa shape index (κ1) is 25.5. The smallest absolute Gasteiger partial charge is 0.269 e. The Hall–Kier alpha value is -5.44. The van der Waals surface area contributed by atoms with Crippen LogP contribution in [0.4, 0.5) is 17.1 Å². The molecule has 1 saturated heterocycles. The number of Topliss-reactive ketones (excluding diaryl/α,β-unsaturated/α-hetero) is 2. The van der Waals surface area contributed by atoms with Gasteiger partial charge in [-0.05, 0) is 54.5 Å². The number of non-ortho nitro benzene ring substituents is 1. The van der Waals surface area contributed by atoms with Crippen molar-refractivity contribution in [3.63, 3.8) is 0 Å². The van der Waals surface area contributed by atoms with Crippen LogP contribution in [0.15, 0.2) is 103 Å². The molecule has 9 heteroatoms. The topological polar surface area (TPSA) is 123 Å². The second kappa shape index (κ2) is 9.31. The van der Waals surface area contributed by atoms with Gasteiger partial charge in [0.2, 0.25) is 5.91 Å². The number of carbonyl (C=O) groups excluding carboxylic acids is 3. The average molecular weight is 557 g/mol. The number of nitrogens with zero attached hydrogens (tertiary/aromatic N) is 3. The lowest BCUT2D eigenvalue weighted by atomic mass is 9.64. The van der Waals surface area contributed by atoms with Crippen LogP contribution in [-0.4, -0.2) is 39.5 Å². The van der Waals surface area contributed by atoms with Crippen LogP contribution >= 0.6 is 0 Å². The number of para-hydroxylation sites is 2. The van der Waals surface area contributed by atoms with Gasteiger partial charge in [0.15, 0.2) is 11.6 Å². The Morgan fingerprint density at radius 2 is 1.57 bits per heavy atom. The van der Waals surface area contributed by atoms with Crippen molar-refractivity contribution in [3.05, 3.63) is 136 Å². The molecule has 3 aliphatic heterocycles. The second-order valence-electron chi connectivity index (χ2n) is 10.8. The molecule has 1 spiro atoms. The molecule has 0 radical (unpaired) electrons. The lowest BCUT2D eigenvalue weighted by Gasteiger charge is -2.39. The fourth-order valence-corrected chi connectivity index (χ4v) is 7.00. The zero-order chi connectivity index (χ0) is 29.2. The molecule has 0 bridgehead atoms. The van der Waals surface area contributed by atoms with Crippen molar-refractivity contribution in [3.8, 4) is 0 Å². The summed E-state index contributed by atoms with van der Waals surface area (Å²) in [6.45, 7) is 1.97. The number of carbonyl (C=O) groups is 3. The molecule has 1 aromatic heterocycles. The maximum absolute atomic E-state index is 14.7. The molecule has 0 saturated carbocycles. The molecule has 7 rings (SSSR count). The molecule has 0 aliphatic carbocycles. The summed E-state index contributed by atoms with van der Waals surface area (Å²) in [5.41, 5.74) is 2.78. The van der Waals surface area contributed by atoms with Crippen LogP contribution in [0, 0.1) is 16.0 Å². The van der Waals surface area contributed by atoms with E-state index >= 15 is 0 Å². The van der Waals surface area contributed by atoms with Crippen LogP contribution < -0.4 is 10.2 Å². The number of fused-ring (bicyclic) bond motifs is 6. The Kier molecular flexibility index (Phi) is 5.65. The lowest BCUT2D eigenvalue weighted by molar-refractivity contribution is -0.384. The van der Waals surface area contributed by atoms with Gasteiger partial charge in [-0.25, -0.2) is 0 Å². The third-order valence-electron chi connectivity index (χ3n) is 8.76. The molecule has 1 N–H and O–H groups in total. The molecule has 42 heavy (non-hydrogen) atoms. The predicted molar refractivity (Wildman–Crippen MR) is 156 cm³/mol. The number of aromatic nitrogens is 1. The predicted octanol–water partition coefficient (Wildman–Crippen LogP) is 5.24. The van der Waals surface area contributed by atoms with E-state index in [9.17, 15) is 24.5 Å². The fraction of sp³-hybridized carbons (Fsp3) is 0.152. The number of amides is 1. The number of nitro benzene ring substituents is 1. The summed E-state index contributed by atoms with van der Waals surface area (Å²) in [5, 5.41) is 14.3. The van der Waals surface area contributed by atoms with Gasteiger partial charge in [0.25, 0.3) is 5.69 Å². The summed E-state index contributed by atoms with van der Waals surface area (Å²) in [4.78, 5) is 60.5. The Morgan fingerprint density at radius 3 is 2.31 bits per heavy atom. The van der Waals surface area contributed by atoms with Crippen LogP contribution in [0.1, 0.15) is 38.8 Å². The quantitative estimate of drug-likeness (QED) is 0.203. The average Bonchev–Trinajstić information content (AvgIpc) is 3.49. The summed E-state index contributed by atoms with van der Waals surface area (Å²) >= 11 is 0. The van der Waals surface area contributed by atoms with Crippen molar-refractivity contribution in [1.29, 1.82) is 0 Å². The molecule has 9 nitrogen and oxygen atoms in total. The molecular weight excluding hydrogens is 532 g/mol. The maximum Gasteiger partial charge on any atom is 0.269 e. The minimum absolute atomic E-state index is 0.150. The molecule has 1 amide bonds. The minimum Gasteiger partial charge on any atom is -0.352 e. The number of hydrogen-bond acceptors (Lipinski definition) is 7. The van der Waals surface area contributed by atoms with E-state index in [-0.39, 0.29) is 22.9 Å². The van der Waals surface area contributed by atoms with Gasteiger partial charge < -0.3 is 10.2 Å². The van der Waals surface area contributed by atoms with E-state index in [1.807, 2.05) is 60.4 Å². The number of nitro groups is 1. The maximum atomic E-state index is 14.7. The van der Waals surface area contributed by atoms with Crippen molar-refractivity contribution < 1.29 is 19.3 Å². The molecule has 206 valence electrons. The summed E-state index contributed by atoms with van der Waals surface area (Å²) in [7, 11) is 0. The van der Waals surface area contributed by atoms with Gasteiger partial charge in [0, 0.05) is 52.6 Å². The first-order valence-electron chi connectivity index (χ1n) is 13.5. The number of ketones is 2. The van der Waals surface area contributed by atoms with Gasteiger partial charge in [-0.15, -0.1) is 0 Å². The number of rotatable bonds is 5. The van der Waals surface area contributed by atoms with Crippen LogP contribution in [0.3, 0.4) is 0 Å². The molecule has 4 aromatic rings. The molecule has 4 atom stereocenters. The van der Waals surface area contributed by atoms with Crippen LogP contribution in [0.25, 0.3) is 5.57 Å². The van der Waals surface area contributed by atoms with Crippen molar-refractivity contribution in [2.24, 2.45) is 5.92 Å². The van der Waals surface area contributed by atoms with Crippen molar-refractivity contribution in [2.45, 2.75) is 24.4 Å². The molecule has 3 aliphatic rings. The van der Waals surface area contributed by atoms with Gasteiger partial charge in [-0.2, -0.15) is 0 Å². The fourth-order valence-electron chi connectivity index (χ4n) is 7.00. The summed E-state index contributed by atoms with van der Waals surface area (Å²) in [6, 6.07) is 21.7. The third-order valence-corrected chi connectivity index (χ3v) is 8.76. The van der Waals surface area contributed by atoms with Gasteiger partial charge in [0.1, 0.15) is 11.5 Å². The van der Waals surface area contributed by atoms with Crippen molar-refractivity contribution >= 4 is 40.1 Å². The summed E-state index contributed by atoms with van der Waals surface area (Å²) in [5.74, 6) is -2.25. The highest BCUT2D eigenvalue weighted by Gasteiger charge is 2.70. The molecular formula is C33H24N4O5. The SMILES string of the molecule is CC1=C[C@@H]2N(c3ccccc31)[C@H](C(=O)c1ccc([N+](=O)[O-])cc1)[C@@H](C(=O)c1ccncc1)[C@@]21C(=O)Nc2ccccc21. The molecule has 3 aromatic carbocycles. The van der Waals surface area contributed by atoms with Crippen LogP contribution in [0.5, 0.6) is 0 Å². The van der Waals surface area contributed by atoms with Crippen molar-refractivity contribution in [2.75, 3.05) is 10.2 Å². The Morgan fingerprint density at radius 1 is 0.905 bits per heavy atom. The Balaban J connectivity index is 1.53. The van der Waals surface area contributed by atoms with E-state index in [0.717, 1.165) is 16.8 Å². The normalized spacial score (nSPS) is 23.5. The number of allylic oxidation sites excluding steroid dienone is 1. The highest BCUT2D eigenvalue weighted by molar-refractivity contribution is 6.18. The zero-order valence-electron chi connectivity index (χ0n) is 22.4. The number of pyridine rings is 1. The van der Waals surface area contributed by atoms with E-state index < -0.39 is 34.1 Å². The van der Waals surface area contributed by atoms with Gasteiger partial charge >= 0.3 is 0 Å². The highest BCUT2D eigenvalue weighted by atomic mass is 16.6. The zero-order valence-corrected chi connectivity index (χ0v) is 22.4.